The van der Waals surface area contributed by atoms with Gasteiger partial charge >= 0.3 is 0 Å². The molecule has 1 aromatic carbocycles. The van der Waals surface area contributed by atoms with Crippen molar-refractivity contribution in [2.75, 3.05) is 11.5 Å². The second-order valence-electron chi connectivity index (χ2n) is 6.44. The lowest BCUT2D eigenvalue weighted by molar-refractivity contribution is 0.566. The summed E-state index contributed by atoms with van der Waals surface area (Å²) in [7, 11) is -2.86. The summed E-state index contributed by atoms with van der Waals surface area (Å²) in [5.74, 6) is 0.551. The first-order valence-electron chi connectivity index (χ1n) is 6.64. The molecule has 0 radical (unpaired) electrons. The molecule has 2 nitrogen and oxygen atoms in total. The highest BCUT2D eigenvalue weighted by molar-refractivity contribution is 7.91. The lowest BCUT2D eigenvalue weighted by Crippen LogP contribution is -2.13. The Kier molecular flexibility index (Phi) is 3.99. The number of hydrogen-bond acceptors (Lipinski definition) is 2. The van der Waals surface area contributed by atoms with E-state index in [0.717, 1.165) is 5.56 Å². The summed E-state index contributed by atoms with van der Waals surface area (Å²) in [4.78, 5) is 0. The first kappa shape index (κ1) is 14.9. The zero-order valence-electron chi connectivity index (χ0n) is 11.7. The van der Waals surface area contributed by atoms with Crippen molar-refractivity contribution in [3.8, 4) is 0 Å². The first-order valence-corrected chi connectivity index (χ1v) is 8.90. The van der Waals surface area contributed by atoms with Gasteiger partial charge in [0.25, 0.3) is 0 Å². The first-order chi connectivity index (χ1) is 8.69. The summed E-state index contributed by atoms with van der Waals surface area (Å²) >= 11 is 6.44. The van der Waals surface area contributed by atoms with Crippen molar-refractivity contribution in [1.82, 2.24) is 0 Å². The maximum atomic E-state index is 11.5. The van der Waals surface area contributed by atoms with E-state index in [4.69, 9.17) is 11.6 Å². The third-order valence-electron chi connectivity index (χ3n) is 3.78. The standard InChI is InChI=1S/C15H21ClO2S/c1-15(2,3)13-6-4-11(5-7-13)14(16)12-8-9-19(17,18)10-12/h4-7,12,14H,8-10H2,1-3H3. The van der Waals surface area contributed by atoms with Gasteiger partial charge in [-0.2, -0.15) is 0 Å². The molecule has 2 atom stereocenters. The summed E-state index contributed by atoms with van der Waals surface area (Å²) in [6.45, 7) is 6.51. The minimum atomic E-state index is -2.86. The molecule has 2 unspecified atom stereocenters. The molecule has 1 aromatic rings. The van der Waals surface area contributed by atoms with E-state index in [-0.39, 0.29) is 28.2 Å². The number of benzene rings is 1. The van der Waals surface area contributed by atoms with Crippen LogP contribution in [-0.4, -0.2) is 19.9 Å². The average molecular weight is 301 g/mol. The van der Waals surface area contributed by atoms with Crippen LogP contribution in [0.5, 0.6) is 0 Å². The van der Waals surface area contributed by atoms with E-state index in [1.807, 2.05) is 12.1 Å². The Morgan fingerprint density at radius 1 is 1.21 bits per heavy atom. The summed E-state index contributed by atoms with van der Waals surface area (Å²) in [6, 6.07) is 8.24. The summed E-state index contributed by atoms with van der Waals surface area (Å²) in [6.07, 6.45) is 0.678. The minimum absolute atomic E-state index is 0.0483. The molecule has 1 fully saturated rings. The van der Waals surface area contributed by atoms with Gasteiger partial charge in [-0.1, -0.05) is 45.0 Å². The van der Waals surface area contributed by atoms with Crippen LogP contribution >= 0.6 is 11.6 Å². The van der Waals surface area contributed by atoms with Crippen LogP contribution in [0.4, 0.5) is 0 Å². The molecule has 0 N–H and O–H groups in total. The third-order valence-corrected chi connectivity index (χ3v) is 6.18. The van der Waals surface area contributed by atoms with Gasteiger partial charge in [0.2, 0.25) is 0 Å². The smallest absolute Gasteiger partial charge is 0.150 e. The van der Waals surface area contributed by atoms with Crippen molar-refractivity contribution >= 4 is 21.4 Å². The number of sulfone groups is 1. The molecule has 4 heteroatoms. The van der Waals surface area contributed by atoms with Crippen molar-refractivity contribution in [2.45, 2.75) is 38.0 Å². The molecule has 0 saturated carbocycles. The molecule has 0 aromatic heterocycles. The lowest BCUT2D eigenvalue weighted by atomic mass is 9.86. The van der Waals surface area contributed by atoms with Crippen LogP contribution in [0.25, 0.3) is 0 Å². The van der Waals surface area contributed by atoms with Crippen LogP contribution < -0.4 is 0 Å². The van der Waals surface area contributed by atoms with Crippen LogP contribution in [0.2, 0.25) is 0 Å². The molecule has 0 spiro atoms. The van der Waals surface area contributed by atoms with Gasteiger partial charge in [-0.25, -0.2) is 8.42 Å². The van der Waals surface area contributed by atoms with E-state index in [0.29, 0.717) is 6.42 Å². The van der Waals surface area contributed by atoms with E-state index in [1.54, 1.807) is 0 Å². The third kappa shape index (κ3) is 3.51. The second-order valence-corrected chi connectivity index (χ2v) is 9.14. The van der Waals surface area contributed by atoms with Gasteiger partial charge < -0.3 is 0 Å². The van der Waals surface area contributed by atoms with Crippen LogP contribution in [0.1, 0.15) is 43.7 Å². The molecule has 106 valence electrons. The van der Waals surface area contributed by atoms with Gasteiger partial charge in [-0.05, 0) is 28.9 Å². The van der Waals surface area contributed by atoms with Crippen LogP contribution in [0.3, 0.4) is 0 Å². The quantitative estimate of drug-likeness (QED) is 0.781. The van der Waals surface area contributed by atoms with E-state index >= 15 is 0 Å². The fourth-order valence-corrected chi connectivity index (χ4v) is 4.80. The molecular weight excluding hydrogens is 280 g/mol. The number of hydrogen-bond donors (Lipinski definition) is 0. The van der Waals surface area contributed by atoms with Crippen molar-refractivity contribution in [3.63, 3.8) is 0 Å². The van der Waals surface area contributed by atoms with Crippen molar-refractivity contribution in [3.05, 3.63) is 35.4 Å². The Labute approximate surface area is 121 Å². The van der Waals surface area contributed by atoms with E-state index in [1.165, 1.54) is 5.56 Å². The molecule has 1 aliphatic heterocycles. The van der Waals surface area contributed by atoms with Crippen LogP contribution in [0, 0.1) is 5.92 Å². The maximum Gasteiger partial charge on any atom is 0.150 e. The zero-order valence-corrected chi connectivity index (χ0v) is 13.3. The largest absolute Gasteiger partial charge is 0.229 e. The highest BCUT2D eigenvalue weighted by atomic mass is 35.5. The number of alkyl halides is 1. The Morgan fingerprint density at radius 3 is 2.21 bits per heavy atom. The second kappa shape index (κ2) is 5.10. The SMILES string of the molecule is CC(C)(C)c1ccc(C(Cl)C2CCS(=O)(=O)C2)cc1. The lowest BCUT2D eigenvalue weighted by Gasteiger charge is -2.21. The molecule has 0 aliphatic carbocycles. The highest BCUT2D eigenvalue weighted by Gasteiger charge is 2.33. The van der Waals surface area contributed by atoms with Gasteiger partial charge in [-0.3, -0.25) is 0 Å². The Balaban J connectivity index is 2.15. The normalized spacial score (nSPS) is 24.3. The summed E-state index contributed by atoms with van der Waals surface area (Å²) < 4.78 is 23.0. The monoisotopic (exact) mass is 300 g/mol. The predicted octanol–water partition coefficient (Wildman–Crippen LogP) is 3.70. The fourth-order valence-electron chi connectivity index (χ4n) is 2.49. The molecule has 1 heterocycles. The van der Waals surface area contributed by atoms with E-state index < -0.39 is 9.84 Å². The van der Waals surface area contributed by atoms with Gasteiger partial charge in [0.1, 0.15) is 0 Å². The van der Waals surface area contributed by atoms with E-state index in [9.17, 15) is 8.42 Å². The van der Waals surface area contributed by atoms with Gasteiger partial charge in [0.05, 0.1) is 16.9 Å². The Bertz CT molecular complexity index is 541. The Morgan fingerprint density at radius 2 is 1.79 bits per heavy atom. The molecule has 2 rings (SSSR count). The summed E-state index contributed by atoms with van der Waals surface area (Å²) in [5, 5.41) is -0.203. The van der Waals surface area contributed by atoms with Gasteiger partial charge in [0, 0.05) is 0 Å². The number of rotatable bonds is 2. The maximum absolute atomic E-state index is 11.5. The van der Waals surface area contributed by atoms with Gasteiger partial charge in [-0.15, -0.1) is 11.6 Å². The van der Waals surface area contributed by atoms with Gasteiger partial charge in [0.15, 0.2) is 9.84 Å². The summed E-state index contributed by atoms with van der Waals surface area (Å²) in [5.41, 5.74) is 2.41. The average Bonchev–Trinajstić information content (AvgIpc) is 2.68. The van der Waals surface area contributed by atoms with Crippen molar-refractivity contribution in [1.29, 1.82) is 0 Å². The molecular formula is C15H21ClO2S. The zero-order chi connectivity index (χ0) is 14.3. The molecule has 19 heavy (non-hydrogen) atoms. The topological polar surface area (TPSA) is 34.1 Å². The van der Waals surface area contributed by atoms with Crippen LogP contribution in [-0.2, 0) is 15.3 Å². The molecule has 0 amide bonds. The predicted molar refractivity (Wildman–Crippen MR) is 80.5 cm³/mol. The van der Waals surface area contributed by atoms with E-state index in [2.05, 4.69) is 32.9 Å². The Hall–Kier alpha value is -0.540. The molecule has 1 aliphatic rings. The van der Waals surface area contributed by atoms with Crippen molar-refractivity contribution in [2.24, 2.45) is 5.92 Å². The van der Waals surface area contributed by atoms with Crippen molar-refractivity contribution < 1.29 is 8.42 Å². The molecule has 1 saturated heterocycles. The number of halogens is 1. The molecule has 0 bridgehead atoms. The highest BCUT2D eigenvalue weighted by Crippen LogP contribution is 2.37. The van der Waals surface area contributed by atoms with Crippen LogP contribution in [0.15, 0.2) is 24.3 Å². The minimum Gasteiger partial charge on any atom is -0.229 e. The fraction of sp³-hybridized carbons (Fsp3) is 0.600.